The summed E-state index contributed by atoms with van der Waals surface area (Å²) in [6.07, 6.45) is 0. The summed E-state index contributed by atoms with van der Waals surface area (Å²) in [5, 5.41) is 1.02. The molecule has 1 aliphatic rings. The fourth-order valence-corrected chi connectivity index (χ4v) is 3.78. The largest absolute Gasteiger partial charge is 0.316 e. The van der Waals surface area contributed by atoms with Crippen LogP contribution in [0.1, 0.15) is 0 Å². The van der Waals surface area contributed by atoms with E-state index in [9.17, 15) is 0 Å². The SMILES string of the molecule is [C-]#[N+]CC1CSC(C[N+]#[C-])CS1. The van der Waals surface area contributed by atoms with Crippen LogP contribution in [0.15, 0.2) is 0 Å². The zero-order valence-electron chi connectivity index (χ0n) is 6.69. The van der Waals surface area contributed by atoms with Crippen molar-refractivity contribution in [3.05, 3.63) is 22.8 Å². The standard InChI is InChI=1S/C8H10N2S2/c1-9-3-7-5-12-8(4-10-2)6-11-7/h7-8H,3-6H2. The molecule has 1 heterocycles. The van der Waals surface area contributed by atoms with Crippen molar-refractivity contribution in [2.75, 3.05) is 24.6 Å². The van der Waals surface area contributed by atoms with Gasteiger partial charge in [0.1, 0.15) is 0 Å². The molecule has 0 N–H and O–H groups in total. The van der Waals surface area contributed by atoms with Crippen molar-refractivity contribution < 1.29 is 0 Å². The first-order chi connectivity index (χ1) is 5.86. The lowest BCUT2D eigenvalue weighted by Gasteiger charge is -2.21. The molecule has 0 aromatic carbocycles. The summed E-state index contributed by atoms with van der Waals surface area (Å²) in [6.45, 7) is 14.7. The number of thioether (sulfide) groups is 2. The Morgan fingerprint density at radius 2 is 1.42 bits per heavy atom. The molecule has 1 rings (SSSR count). The quantitative estimate of drug-likeness (QED) is 0.628. The molecule has 0 aromatic heterocycles. The van der Waals surface area contributed by atoms with Gasteiger partial charge in [-0.1, -0.05) is 0 Å². The lowest BCUT2D eigenvalue weighted by Crippen LogP contribution is -2.24. The van der Waals surface area contributed by atoms with Gasteiger partial charge in [0.25, 0.3) is 0 Å². The summed E-state index contributed by atoms with van der Waals surface area (Å²) < 4.78 is 0. The van der Waals surface area contributed by atoms with Crippen LogP contribution < -0.4 is 0 Å². The molecule has 64 valence electrons. The predicted octanol–water partition coefficient (Wildman–Crippen LogP) is 2.04. The second-order valence-electron chi connectivity index (χ2n) is 2.59. The minimum absolute atomic E-state index is 0.509. The average Bonchev–Trinajstić information content (AvgIpc) is 2.09. The van der Waals surface area contributed by atoms with Crippen molar-refractivity contribution >= 4 is 23.5 Å². The van der Waals surface area contributed by atoms with Crippen LogP contribution in [0.4, 0.5) is 0 Å². The Kier molecular flexibility index (Phi) is 4.35. The Hall–Kier alpha value is -0.320. The fraction of sp³-hybridized carbons (Fsp3) is 0.750. The van der Waals surface area contributed by atoms with Gasteiger partial charge in [-0.05, 0) is 0 Å². The van der Waals surface area contributed by atoms with Crippen LogP contribution in [0.3, 0.4) is 0 Å². The Bertz CT molecular complexity index is 184. The number of nitrogens with zero attached hydrogens (tertiary/aromatic N) is 2. The van der Waals surface area contributed by atoms with E-state index in [-0.39, 0.29) is 0 Å². The van der Waals surface area contributed by atoms with Crippen molar-refractivity contribution in [1.82, 2.24) is 0 Å². The van der Waals surface area contributed by atoms with Crippen LogP contribution in [0.25, 0.3) is 9.69 Å². The maximum atomic E-state index is 6.72. The third-order valence-electron chi connectivity index (χ3n) is 1.63. The zero-order chi connectivity index (χ0) is 8.81. The maximum absolute atomic E-state index is 6.72. The third kappa shape index (κ3) is 2.97. The molecule has 0 radical (unpaired) electrons. The zero-order valence-corrected chi connectivity index (χ0v) is 8.33. The summed E-state index contributed by atoms with van der Waals surface area (Å²) in [7, 11) is 0. The molecule has 4 heteroatoms. The molecule has 12 heavy (non-hydrogen) atoms. The second kappa shape index (κ2) is 5.35. The van der Waals surface area contributed by atoms with Crippen LogP contribution >= 0.6 is 23.5 Å². The lowest BCUT2D eigenvalue weighted by molar-refractivity contribution is 0.993. The van der Waals surface area contributed by atoms with Crippen molar-refractivity contribution in [2.45, 2.75) is 10.5 Å². The highest BCUT2D eigenvalue weighted by atomic mass is 32.2. The molecular formula is C8H10N2S2. The molecule has 0 aliphatic carbocycles. The summed E-state index contributed by atoms with van der Waals surface area (Å²) in [5.74, 6) is 2.10. The van der Waals surface area contributed by atoms with Crippen LogP contribution in [0.5, 0.6) is 0 Å². The van der Waals surface area contributed by atoms with Gasteiger partial charge in [0.15, 0.2) is 0 Å². The van der Waals surface area contributed by atoms with E-state index in [0.717, 1.165) is 11.5 Å². The summed E-state index contributed by atoms with van der Waals surface area (Å²) in [6, 6.07) is 0. The van der Waals surface area contributed by atoms with Crippen molar-refractivity contribution in [1.29, 1.82) is 0 Å². The molecule has 2 unspecified atom stereocenters. The molecule has 0 saturated carbocycles. The lowest BCUT2D eigenvalue weighted by atomic mass is 10.5. The molecule has 1 aliphatic heterocycles. The fourth-order valence-electron chi connectivity index (χ4n) is 0.997. The minimum atomic E-state index is 0.509. The highest BCUT2D eigenvalue weighted by Crippen LogP contribution is 2.30. The Morgan fingerprint density at radius 3 is 1.67 bits per heavy atom. The van der Waals surface area contributed by atoms with Crippen LogP contribution in [0.2, 0.25) is 0 Å². The van der Waals surface area contributed by atoms with Gasteiger partial charge in [-0.15, -0.1) is 23.5 Å². The summed E-state index contributed by atoms with van der Waals surface area (Å²) in [4.78, 5) is 6.77. The first-order valence-electron chi connectivity index (χ1n) is 3.76. The average molecular weight is 198 g/mol. The first-order valence-corrected chi connectivity index (χ1v) is 5.86. The van der Waals surface area contributed by atoms with E-state index in [2.05, 4.69) is 9.69 Å². The summed E-state index contributed by atoms with van der Waals surface area (Å²) in [5.41, 5.74) is 0. The van der Waals surface area contributed by atoms with Gasteiger partial charge in [-0.3, -0.25) is 0 Å². The molecule has 0 bridgehead atoms. The van der Waals surface area contributed by atoms with Crippen LogP contribution in [-0.2, 0) is 0 Å². The Morgan fingerprint density at radius 1 is 1.00 bits per heavy atom. The van der Waals surface area contributed by atoms with Gasteiger partial charge in [0.05, 0.1) is 10.5 Å². The number of hydrogen-bond donors (Lipinski definition) is 0. The highest BCUT2D eigenvalue weighted by molar-refractivity contribution is 8.07. The van der Waals surface area contributed by atoms with Crippen molar-refractivity contribution in [3.8, 4) is 0 Å². The van der Waals surface area contributed by atoms with Gasteiger partial charge >= 0.3 is 0 Å². The van der Waals surface area contributed by atoms with E-state index < -0.39 is 0 Å². The maximum Gasteiger partial charge on any atom is 0.227 e. The molecule has 1 fully saturated rings. The van der Waals surface area contributed by atoms with Gasteiger partial charge in [-0.2, -0.15) is 0 Å². The molecule has 0 spiro atoms. The minimum Gasteiger partial charge on any atom is -0.316 e. The molecule has 0 aromatic rings. The van der Waals surface area contributed by atoms with Gasteiger partial charge in [-0.25, -0.2) is 13.1 Å². The van der Waals surface area contributed by atoms with E-state index in [1.807, 2.05) is 23.5 Å². The third-order valence-corrected chi connectivity index (χ3v) is 4.81. The number of rotatable bonds is 2. The van der Waals surface area contributed by atoms with Gasteiger partial charge in [0.2, 0.25) is 13.1 Å². The van der Waals surface area contributed by atoms with E-state index in [0.29, 0.717) is 23.6 Å². The van der Waals surface area contributed by atoms with Crippen molar-refractivity contribution in [2.24, 2.45) is 0 Å². The molecule has 2 nitrogen and oxygen atoms in total. The monoisotopic (exact) mass is 198 g/mol. The molecular weight excluding hydrogens is 188 g/mol. The Labute approximate surface area is 81.7 Å². The van der Waals surface area contributed by atoms with Crippen LogP contribution in [0, 0.1) is 13.1 Å². The molecule has 2 atom stereocenters. The van der Waals surface area contributed by atoms with Crippen molar-refractivity contribution in [3.63, 3.8) is 0 Å². The molecule has 1 saturated heterocycles. The summed E-state index contributed by atoms with van der Waals surface area (Å²) >= 11 is 3.72. The first kappa shape index (κ1) is 9.77. The predicted molar refractivity (Wildman–Crippen MR) is 55.4 cm³/mol. The highest BCUT2D eigenvalue weighted by Gasteiger charge is 2.25. The number of hydrogen-bond acceptors (Lipinski definition) is 2. The van der Waals surface area contributed by atoms with E-state index in [4.69, 9.17) is 13.1 Å². The smallest absolute Gasteiger partial charge is 0.227 e. The second-order valence-corrected chi connectivity index (χ2v) is 5.26. The topological polar surface area (TPSA) is 8.72 Å². The normalized spacial score (nSPS) is 28.8. The molecule has 0 amide bonds. The van der Waals surface area contributed by atoms with E-state index >= 15 is 0 Å². The van der Waals surface area contributed by atoms with E-state index in [1.54, 1.807) is 0 Å². The van der Waals surface area contributed by atoms with Gasteiger partial charge in [0, 0.05) is 11.5 Å². The van der Waals surface area contributed by atoms with Crippen LogP contribution in [-0.4, -0.2) is 35.1 Å². The Balaban J connectivity index is 2.22. The van der Waals surface area contributed by atoms with E-state index in [1.165, 1.54) is 0 Å². The van der Waals surface area contributed by atoms with Gasteiger partial charge < -0.3 is 9.69 Å².